The number of carbonyl (C=O) groups excluding carboxylic acids is 1. The van der Waals surface area contributed by atoms with Crippen molar-refractivity contribution in [3.8, 4) is 0 Å². The van der Waals surface area contributed by atoms with Crippen LogP contribution in [0.5, 0.6) is 0 Å². The van der Waals surface area contributed by atoms with Gasteiger partial charge in [0.1, 0.15) is 22.9 Å². The van der Waals surface area contributed by atoms with Crippen molar-refractivity contribution in [2.24, 2.45) is 0 Å². The lowest BCUT2D eigenvalue weighted by Gasteiger charge is -2.05. The van der Waals surface area contributed by atoms with E-state index in [-0.39, 0.29) is 30.0 Å². The van der Waals surface area contributed by atoms with Crippen LogP contribution in [-0.2, 0) is 22.6 Å². The molecule has 112 valence electrons. The number of esters is 1. The molecule has 0 radical (unpaired) electrons. The second-order valence-electron chi connectivity index (χ2n) is 4.58. The third kappa shape index (κ3) is 3.04. The standard InChI is InChI=1S/C15H11FN2O3S/c16-10-4-2-1-3-9(10)7-13(19)21-8-12-17-11-5-6-22-14(11)15(20)18-12/h1-6H,7-8H2,(H,17,18,20). The molecule has 0 aliphatic heterocycles. The Morgan fingerprint density at radius 2 is 2.14 bits per heavy atom. The summed E-state index contributed by atoms with van der Waals surface area (Å²) in [6, 6.07) is 7.73. The topological polar surface area (TPSA) is 72.0 Å². The fourth-order valence-corrected chi connectivity index (χ4v) is 2.71. The van der Waals surface area contributed by atoms with E-state index in [2.05, 4.69) is 9.97 Å². The number of hydrogen-bond acceptors (Lipinski definition) is 5. The summed E-state index contributed by atoms with van der Waals surface area (Å²) in [6.07, 6.45) is -0.169. The molecule has 22 heavy (non-hydrogen) atoms. The van der Waals surface area contributed by atoms with Gasteiger partial charge in [0.2, 0.25) is 0 Å². The van der Waals surface area contributed by atoms with Crippen LogP contribution in [0.25, 0.3) is 10.2 Å². The molecule has 0 saturated carbocycles. The second-order valence-corrected chi connectivity index (χ2v) is 5.49. The van der Waals surface area contributed by atoms with Gasteiger partial charge in [-0.05, 0) is 23.1 Å². The molecule has 2 heterocycles. The Bertz CT molecular complexity index is 888. The van der Waals surface area contributed by atoms with Crippen molar-refractivity contribution < 1.29 is 13.9 Å². The van der Waals surface area contributed by atoms with E-state index in [0.29, 0.717) is 10.2 Å². The lowest BCUT2D eigenvalue weighted by molar-refractivity contribution is -0.144. The van der Waals surface area contributed by atoms with Crippen LogP contribution in [0.4, 0.5) is 4.39 Å². The molecule has 0 bridgehead atoms. The smallest absolute Gasteiger partial charge is 0.310 e. The van der Waals surface area contributed by atoms with Gasteiger partial charge in [-0.2, -0.15) is 0 Å². The number of aromatic nitrogens is 2. The number of nitrogens with one attached hydrogen (secondary N) is 1. The van der Waals surface area contributed by atoms with Crippen LogP contribution >= 0.6 is 11.3 Å². The summed E-state index contributed by atoms with van der Waals surface area (Å²) in [5, 5.41) is 1.76. The van der Waals surface area contributed by atoms with Gasteiger partial charge < -0.3 is 9.72 Å². The molecule has 0 atom stereocenters. The molecular weight excluding hydrogens is 307 g/mol. The number of rotatable bonds is 4. The molecule has 7 heteroatoms. The Labute approximate surface area is 128 Å². The first kappa shape index (κ1) is 14.4. The summed E-state index contributed by atoms with van der Waals surface area (Å²) in [5.74, 6) is -0.776. The predicted octanol–water partition coefficient (Wildman–Crippen LogP) is 2.41. The van der Waals surface area contributed by atoms with Crippen molar-refractivity contribution in [2.45, 2.75) is 13.0 Å². The van der Waals surface area contributed by atoms with Crippen molar-refractivity contribution in [1.82, 2.24) is 9.97 Å². The quantitative estimate of drug-likeness (QED) is 0.750. The summed E-state index contributed by atoms with van der Waals surface area (Å²) >= 11 is 1.29. The Hall–Kier alpha value is -2.54. The van der Waals surface area contributed by atoms with Crippen molar-refractivity contribution in [1.29, 1.82) is 0 Å². The van der Waals surface area contributed by atoms with Gasteiger partial charge in [0.05, 0.1) is 11.9 Å². The first-order valence-electron chi connectivity index (χ1n) is 6.49. The molecule has 3 rings (SSSR count). The number of fused-ring (bicyclic) bond motifs is 1. The molecule has 0 amide bonds. The molecule has 0 saturated heterocycles. The molecular formula is C15H11FN2O3S. The SMILES string of the molecule is O=C(Cc1ccccc1F)OCc1nc2ccsc2c(=O)[nH]1. The Morgan fingerprint density at radius 3 is 2.95 bits per heavy atom. The highest BCUT2D eigenvalue weighted by molar-refractivity contribution is 7.17. The fourth-order valence-electron chi connectivity index (χ4n) is 1.99. The molecule has 0 spiro atoms. The van der Waals surface area contributed by atoms with Gasteiger partial charge in [0.15, 0.2) is 0 Å². The van der Waals surface area contributed by atoms with Crippen molar-refractivity contribution in [3.05, 3.63) is 63.3 Å². The number of nitrogens with zero attached hydrogens (tertiary/aromatic N) is 1. The van der Waals surface area contributed by atoms with Crippen molar-refractivity contribution >= 4 is 27.5 Å². The highest BCUT2D eigenvalue weighted by Gasteiger charge is 2.11. The largest absolute Gasteiger partial charge is 0.457 e. The molecule has 0 aliphatic carbocycles. The van der Waals surface area contributed by atoms with Crippen molar-refractivity contribution in [2.75, 3.05) is 0 Å². The molecule has 2 aromatic heterocycles. The maximum atomic E-state index is 13.4. The molecule has 1 N–H and O–H groups in total. The lowest BCUT2D eigenvalue weighted by atomic mass is 10.1. The van der Waals surface area contributed by atoms with Gasteiger partial charge in [-0.25, -0.2) is 9.37 Å². The van der Waals surface area contributed by atoms with E-state index in [1.807, 2.05) is 0 Å². The van der Waals surface area contributed by atoms with Crippen LogP contribution in [0.1, 0.15) is 11.4 Å². The van der Waals surface area contributed by atoms with E-state index in [4.69, 9.17) is 4.74 Å². The average Bonchev–Trinajstić information content (AvgIpc) is 2.97. The number of carbonyl (C=O) groups is 1. The number of H-pyrrole nitrogens is 1. The molecule has 0 aliphatic rings. The Morgan fingerprint density at radius 1 is 1.32 bits per heavy atom. The number of ether oxygens (including phenoxy) is 1. The van der Waals surface area contributed by atoms with Gasteiger partial charge in [-0.3, -0.25) is 9.59 Å². The number of hydrogen-bond donors (Lipinski definition) is 1. The third-order valence-electron chi connectivity index (χ3n) is 3.03. The predicted molar refractivity (Wildman–Crippen MR) is 80.1 cm³/mol. The van der Waals surface area contributed by atoms with Gasteiger partial charge in [0.25, 0.3) is 5.56 Å². The molecule has 0 fully saturated rings. The zero-order valence-corrected chi connectivity index (χ0v) is 12.2. The van der Waals surface area contributed by atoms with Crippen LogP contribution in [-0.4, -0.2) is 15.9 Å². The van der Waals surface area contributed by atoms with Gasteiger partial charge >= 0.3 is 5.97 Å². The first-order valence-corrected chi connectivity index (χ1v) is 7.37. The summed E-state index contributed by atoms with van der Waals surface area (Å²) < 4.78 is 19.0. The van der Waals surface area contributed by atoms with Crippen molar-refractivity contribution in [3.63, 3.8) is 0 Å². The number of benzene rings is 1. The van der Waals surface area contributed by atoms with E-state index in [9.17, 15) is 14.0 Å². The summed E-state index contributed by atoms with van der Waals surface area (Å²) in [6.45, 7) is -0.158. The number of thiophene rings is 1. The maximum Gasteiger partial charge on any atom is 0.310 e. The fraction of sp³-hybridized carbons (Fsp3) is 0.133. The lowest BCUT2D eigenvalue weighted by Crippen LogP contribution is -2.14. The Kier molecular flexibility index (Phi) is 3.97. The van der Waals surface area contributed by atoms with Gasteiger partial charge in [-0.1, -0.05) is 18.2 Å². The van der Waals surface area contributed by atoms with E-state index >= 15 is 0 Å². The minimum absolute atomic E-state index is 0.158. The van der Waals surface area contributed by atoms with Gasteiger partial charge in [0, 0.05) is 0 Å². The molecule has 5 nitrogen and oxygen atoms in total. The van der Waals surface area contributed by atoms with E-state index in [1.54, 1.807) is 23.6 Å². The second kappa shape index (κ2) is 6.07. The van der Waals surface area contributed by atoms with Crippen LogP contribution in [0.15, 0.2) is 40.5 Å². The minimum atomic E-state index is -0.585. The van der Waals surface area contributed by atoms with E-state index in [1.165, 1.54) is 23.5 Å². The van der Waals surface area contributed by atoms with Crippen LogP contribution in [0, 0.1) is 5.82 Å². The third-order valence-corrected chi connectivity index (χ3v) is 3.93. The number of halogens is 1. The first-order chi connectivity index (χ1) is 10.6. The monoisotopic (exact) mass is 318 g/mol. The highest BCUT2D eigenvalue weighted by atomic mass is 32.1. The highest BCUT2D eigenvalue weighted by Crippen LogP contribution is 2.14. The maximum absolute atomic E-state index is 13.4. The molecule has 1 aromatic carbocycles. The number of aromatic amines is 1. The minimum Gasteiger partial charge on any atom is -0.457 e. The zero-order chi connectivity index (χ0) is 15.5. The zero-order valence-electron chi connectivity index (χ0n) is 11.3. The van der Waals surface area contributed by atoms with Crippen LogP contribution < -0.4 is 5.56 Å². The van der Waals surface area contributed by atoms with Crippen LogP contribution in [0.3, 0.4) is 0 Å². The van der Waals surface area contributed by atoms with E-state index < -0.39 is 11.8 Å². The average molecular weight is 318 g/mol. The summed E-state index contributed by atoms with van der Waals surface area (Å²) in [5.41, 5.74) is 0.566. The normalized spacial score (nSPS) is 10.8. The Balaban J connectivity index is 1.67. The van der Waals surface area contributed by atoms with E-state index in [0.717, 1.165) is 0 Å². The van der Waals surface area contributed by atoms with Gasteiger partial charge in [-0.15, -0.1) is 11.3 Å². The molecule has 3 aromatic rings. The summed E-state index contributed by atoms with van der Waals surface area (Å²) in [7, 11) is 0. The summed E-state index contributed by atoms with van der Waals surface area (Å²) in [4.78, 5) is 30.3. The molecule has 0 unspecified atom stereocenters. The van der Waals surface area contributed by atoms with Crippen LogP contribution in [0.2, 0.25) is 0 Å².